The Kier molecular flexibility index (Phi) is 6.57. The number of hydrogen-bond acceptors (Lipinski definition) is 3. The molecule has 3 aromatic rings. The fraction of sp³-hybridized carbons (Fsp3) is 0.208. The van der Waals surface area contributed by atoms with Gasteiger partial charge in [-0.25, -0.2) is 0 Å². The van der Waals surface area contributed by atoms with E-state index in [-0.39, 0.29) is 12.4 Å². The number of ether oxygens (including phenoxy) is 1. The zero-order chi connectivity index (χ0) is 19.5. The van der Waals surface area contributed by atoms with E-state index in [1.165, 1.54) is 16.7 Å². The standard InChI is InChI=1S/C24H24N2O2.ClH/c1-28-23-10-9-19-12-22(13-21(19)14-23)26-15-16-5-7-17(8-6-16)18-3-2-4-20(11-18)24(25)27;/h2-11,14,22,26H,12-13,15H2,1H3,(H2,25,27);1H. The summed E-state index contributed by atoms with van der Waals surface area (Å²) in [4.78, 5) is 11.4. The number of primary amides is 1. The summed E-state index contributed by atoms with van der Waals surface area (Å²) < 4.78 is 5.33. The van der Waals surface area contributed by atoms with Crippen molar-refractivity contribution in [3.63, 3.8) is 0 Å². The van der Waals surface area contributed by atoms with Gasteiger partial charge in [-0.1, -0.05) is 42.5 Å². The van der Waals surface area contributed by atoms with E-state index in [4.69, 9.17) is 10.5 Å². The maximum atomic E-state index is 11.4. The first-order valence-electron chi connectivity index (χ1n) is 9.51. The van der Waals surface area contributed by atoms with Crippen molar-refractivity contribution in [3.8, 4) is 16.9 Å². The predicted molar refractivity (Wildman–Crippen MR) is 119 cm³/mol. The minimum absolute atomic E-state index is 0. The molecular weight excluding hydrogens is 384 g/mol. The Morgan fingerprint density at radius 3 is 2.48 bits per heavy atom. The second-order valence-electron chi connectivity index (χ2n) is 7.26. The van der Waals surface area contributed by atoms with Crippen molar-refractivity contribution in [2.75, 3.05) is 7.11 Å². The highest BCUT2D eigenvalue weighted by molar-refractivity contribution is 5.94. The van der Waals surface area contributed by atoms with E-state index >= 15 is 0 Å². The van der Waals surface area contributed by atoms with Crippen LogP contribution >= 0.6 is 12.4 Å². The topological polar surface area (TPSA) is 64.3 Å². The lowest BCUT2D eigenvalue weighted by atomic mass is 10.0. The molecule has 5 heteroatoms. The molecule has 0 spiro atoms. The smallest absolute Gasteiger partial charge is 0.248 e. The molecule has 1 atom stereocenters. The molecule has 0 saturated carbocycles. The van der Waals surface area contributed by atoms with Gasteiger partial charge in [0.1, 0.15) is 5.75 Å². The molecule has 0 radical (unpaired) electrons. The van der Waals surface area contributed by atoms with Crippen LogP contribution in [-0.4, -0.2) is 19.1 Å². The number of nitrogens with one attached hydrogen (secondary N) is 1. The molecule has 150 valence electrons. The van der Waals surface area contributed by atoms with E-state index in [0.29, 0.717) is 11.6 Å². The molecule has 1 unspecified atom stereocenters. The molecule has 4 rings (SSSR count). The van der Waals surface area contributed by atoms with Crippen molar-refractivity contribution < 1.29 is 9.53 Å². The first-order chi connectivity index (χ1) is 13.6. The fourth-order valence-electron chi connectivity index (χ4n) is 3.80. The Labute approximate surface area is 177 Å². The number of rotatable bonds is 6. The minimum Gasteiger partial charge on any atom is -0.497 e. The van der Waals surface area contributed by atoms with Gasteiger partial charge in [0.15, 0.2) is 0 Å². The first-order valence-corrected chi connectivity index (χ1v) is 9.51. The van der Waals surface area contributed by atoms with Crippen LogP contribution in [0.3, 0.4) is 0 Å². The van der Waals surface area contributed by atoms with Crippen LogP contribution in [0, 0.1) is 0 Å². The van der Waals surface area contributed by atoms with Crippen molar-refractivity contribution in [2.24, 2.45) is 5.73 Å². The van der Waals surface area contributed by atoms with E-state index in [0.717, 1.165) is 36.3 Å². The number of methoxy groups -OCH3 is 1. The molecule has 1 aliphatic carbocycles. The van der Waals surface area contributed by atoms with Crippen molar-refractivity contribution in [1.82, 2.24) is 5.32 Å². The summed E-state index contributed by atoms with van der Waals surface area (Å²) >= 11 is 0. The summed E-state index contributed by atoms with van der Waals surface area (Å²) in [7, 11) is 1.71. The van der Waals surface area contributed by atoms with Gasteiger partial charge in [-0.15, -0.1) is 12.4 Å². The number of carbonyl (C=O) groups is 1. The molecule has 3 aromatic carbocycles. The van der Waals surface area contributed by atoms with E-state index < -0.39 is 5.91 Å². The molecule has 0 aliphatic heterocycles. The van der Waals surface area contributed by atoms with Crippen LogP contribution < -0.4 is 15.8 Å². The van der Waals surface area contributed by atoms with E-state index in [2.05, 4.69) is 41.7 Å². The van der Waals surface area contributed by atoms with Crippen molar-refractivity contribution in [1.29, 1.82) is 0 Å². The van der Waals surface area contributed by atoms with Crippen LogP contribution in [0.2, 0.25) is 0 Å². The minimum atomic E-state index is -0.405. The van der Waals surface area contributed by atoms with Crippen molar-refractivity contribution >= 4 is 18.3 Å². The molecular formula is C24H25ClN2O2. The van der Waals surface area contributed by atoms with Gasteiger partial charge in [-0.2, -0.15) is 0 Å². The highest BCUT2D eigenvalue weighted by Gasteiger charge is 2.21. The lowest BCUT2D eigenvalue weighted by Gasteiger charge is -2.12. The maximum Gasteiger partial charge on any atom is 0.248 e. The van der Waals surface area contributed by atoms with E-state index in [1.54, 1.807) is 13.2 Å². The van der Waals surface area contributed by atoms with Crippen LogP contribution in [-0.2, 0) is 19.4 Å². The Morgan fingerprint density at radius 1 is 1.00 bits per heavy atom. The average Bonchev–Trinajstić information content (AvgIpc) is 3.14. The lowest BCUT2D eigenvalue weighted by Crippen LogP contribution is -2.28. The van der Waals surface area contributed by atoms with Gasteiger partial charge in [-0.05, 0) is 64.9 Å². The highest BCUT2D eigenvalue weighted by atomic mass is 35.5. The molecule has 1 amide bonds. The van der Waals surface area contributed by atoms with Gasteiger partial charge < -0.3 is 15.8 Å². The largest absolute Gasteiger partial charge is 0.497 e. The van der Waals surface area contributed by atoms with Gasteiger partial charge in [-0.3, -0.25) is 4.79 Å². The van der Waals surface area contributed by atoms with Crippen LogP contribution in [0.1, 0.15) is 27.0 Å². The van der Waals surface area contributed by atoms with Gasteiger partial charge in [0.05, 0.1) is 7.11 Å². The summed E-state index contributed by atoms with van der Waals surface area (Å²) in [6, 6.07) is 22.7. The molecule has 0 bridgehead atoms. The zero-order valence-electron chi connectivity index (χ0n) is 16.4. The zero-order valence-corrected chi connectivity index (χ0v) is 17.2. The molecule has 0 heterocycles. The molecule has 29 heavy (non-hydrogen) atoms. The van der Waals surface area contributed by atoms with Gasteiger partial charge in [0.2, 0.25) is 5.91 Å². The highest BCUT2D eigenvalue weighted by Crippen LogP contribution is 2.27. The summed E-state index contributed by atoms with van der Waals surface area (Å²) in [6.45, 7) is 0.831. The third kappa shape index (κ3) is 4.78. The predicted octanol–water partition coefficient (Wildman–Crippen LogP) is 4.14. The van der Waals surface area contributed by atoms with Crippen molar-refractivity contribution in [2.45, 2.75) is 25.4 Å². The Balaban J connectivity index is 0.00000240. The third-order valence-electron chi connectivity index (χ3n) is 5.38. The normalized spacial score (nSPS) is 14.7. The summed E-state index contributed by atoms with van der Waals surface area (Å²) in [5.41, 5.74) is 12.0. The SMILES string of the molecule is COc1ccc2c(c1)CC(NCc1ccc(-c3cccc(C(N)=O)c3)cc1)C2.Cl. The van der Waals surface area contributed by atoms with Crippen molar-refractivity contribution in [3.05, 3.63) is 89.0 Å². The molecule has 0 fully saturated rings. The average molecular weight is 409 g/mol. The number of nitrogens with two attached hydrogens (primary N) is 1. The number of fused-ring (bicyclic) bond motifs is 1. The number of benzene rings is 3. The number of amides is 1. The maximum absolute atomic E-state index is 11.4. The number of carbonyl (C=O) groups excluding carboxylic acids is 1. The number of halogens is 1. The second kappa shape index (κ2) is 9.12. The molecule has 1 aliphatic rings. The van der Waals surface area contributed by atoms with E-state index in [9.17, 15) is 4.79 Å². The van der Waals surface area contributed by atoms with Crippen LogP contribution in [0.15, 0.2) is 66.7 Å². The summed E-state index contributed by atoms with van der Waals surface area (Å²) in [6.07, 6.45) is 2.09. The Hall–Kier alpha value is -2.82. The van der Waals surface area contributed by atoms with Crippen LogP contribution in [0.25, 0.3) is 11.1 Å². The summed E-state index contributed by atoms with van der Waals surface area (Å²) in [5, 5.41) is 3.66. The summed E-state index contributed by atoms with van der Waals surface area (Å²) in [5.74, 6) is 0.522. The van der Waals surface area contributed by atoms with Crippen LogP contribution in [0.4, 0.5) is 0 Å². The molecule has 4 nitrogen and oxygen atoms in total. The first kappa shape index (κ1) is 20.9. The number of hydrogen-bond donors (Lipinski definition) is 2. The lowest BCUT2D eigenvalue weighted by molar-refractivity contribution is 0.100. The van der Waals surface area contributed by atoms with Gasteiger partial charge >= 0.3 is 0 Å². The van der Waals surface area contributed by atoms with Gasteiger partial charge in [0, 0.05) is 18.2 Å². The van der Waals surface area contributed by atoms with Gasteiger partial charge in [0.25, 0.3) is 0 Å². The molecule has 0 saturated heterocycles. The fourth-order valence-corrected chi connectivity index (χ4v) is 3.80. The third-order valence-corrected chi connectivity index (χ3v) is 5.38. The quantitative estimate of drug-likeness (QED) is 0.644. The second-order valence-corrected chi connectivity index (χ2v) is 7.26. The molecule has 3 N–H and O–H groups in total. The monoisotopic (exact) mass is 408 g/mol. The Morgan fingerprint density at radius 2 is 1.76 bits per heavy atom. The molecule has 0 aromatic heterocycles. The Bertz CT molecular complexity index is 1000. The van der Waals surface area contributed by atoms with E-state index in [1.807, 2.05) is 24.3 Å². The van der Waals surface area contributed by atoms with Crippen LogP contribution in [0.5, 0.6) is 5.75 Å².